The molecule has 0 saturated carbocycles. The molecule has 0 bridgehead atoms. The number of hydrogen-bond acceptors (Lipinski definition) is 5. The number of halogens is 1. The van der Waals surface area contributed by atoms with Gasteiger partial charge in [0.05, 0.1) is 19.6 Å². The molecule has 2 aromatic heterocycles. The lowest BCUT2D eigenvalue weighted by molar-refractivity contribution is 0.0849. The van der Waals surface area contributed by atoms with Crippen molar-refractivity contribution in [3.05, 3.63) is 90.7 Å². The van der Waals surface area contributed by atoms with Crippen LogP contribution in [-0.4, -0.2) is 11.8 Å². The van der Waals surface area contributed by atoms with E-state index in [1.807, 2.05) is 30.3 Å². The van der Waals surface area contributed by atoms with Crippen LogP contribution in [0.2, 0.25) is 0 Å². The normalized spacial score (nSPS) is 10.7. The van der Waals surface area contributed by atoms with Crippen LogP contribution in [0, 0.1) is 6.92 Å². The zero-order valence-electron chi connectivity index (χ0n) is 15.7. The van der Waals surface area contributed by atoms with Gasteiger partial charge in [-0.1, -0.05) is 36.4 Å². The number of benzene rings is 2. The Morgan fingerprint density at radius 3 is 2.37 bits per heavy atom. The number of carbonyl (C=O) groups is 2. The van der Waals surface area contributed by atoms with Gasteiger partial charge in [0, 0.05) is 11.1 Å². The maximum atomic E-state index is 12.9. The molecule has 150 valence electrons. The van der Waals surface area contributed by atoms with Crippen LogP contribution in [-0.2, 0) is 0 Å². The number of fused-ring (bicyclic) bond motifs is 1. The summed E-state index contributed by atoms with van der Waals surface area (Å²) in [5, 5.41) is 0.299. The van der Waals surface area contributed by atoms with Crippen LogP contribution in [0.5, 0.6) is 0 Å². The molecule has 0 aliphatic rings. The molecule has 0 spiro atoms. The zero-order chi connectivity index (χ0) is 21.3. The lowest BCUT2D eigenvalue weighted by atomic mass is 10.0. The monoisotopic (exact) mass is 482 g/mol. The van der Waals surface area contributed by atoms with Gasteiger partial charge >= 0.3 is 0 Å². The summed E-state index contributed by atoms with van der Waals surface area (Å²) in [5.74, 6) is -0.627. The van der Waals surface area contributed by atoms with E-state index in [2.05, 4.69) is 26.8 Å². The van der Waals surface area contributed by atoms with Gasteiger partial charge in [0.1, 0.15) is 5.76 Å². The van der Waals surface area contributed by atoms with Crippen molar-refractivity contribution in [2.24, 2.45) is 0 Å². The minimum Gasteiger partial charge on any atom is -0.455 e. The number of thiophene rings is 1. The quantitative estimate of drug-likeness (QED) is 0.415. The second kappa shape index (κ2) is 8.25. The van der Waals surface area contributed by atoms with Crippen molar-refractivity contribution in [1.82, 2.24) is 10.9 Å². The van der Waals surface area contributed by atoms with Crippen molar-refractivity contribution in [3.63, 3.8) is 0 Å². The van der Waals surface area contributed by atoms with E-state index in [1.165, 1.54) is 11.3 Å². The zero-order valence-corrected chi connectivity index (χ0v) is 18.1. The van der Waals surface area contributed by atoms with Crippen LogP contribution in [0.25, 0.3) is 22.3 Å². The van der Waals surface area contributed by atoms with E-state index in [1.54, 1.807) is 37.3 Å². The summed E-state index contributed by atoms with van der Waals surface area (Å²) in [6.45, 7) is 1.69. The highest BCUT2D eigenvalue weighted by Crippen LogP contribution is 2.27. The predicted molar refractivity (Wildman–Crippen MR) is 120 cm³/mol. The number of hydrazine groups is 1. The number of para-hydroxylation sites is 1. The van der Waals surface area contributed by atoms with Crippen molar-refractivity contribution < 1.29 is 14.0 Å². The van der Waals surface area contributed by atoms with E-state index >= 15 is 0 Å². The minimum atomic E-state index is -0.587. The van der Waals surface area contributed by atoms with Gasteiger partial charge in [-0.05, 0) is 47.1 Å². The fourth-order valence-corrected chi connectivity index (χ4v) is 4.31. The molecule has 6 nitrogen and oxygen atoms in total. The lowest BCUT2D eigenvalue weighted by Gasteiger charge is -2.11. The molecule has 2 N–H and O–H groups in total. The molecular formula is C22H15BrN2O4S. The van der Waals surface area contributed by atoms with E-state index in [4.69, 9.17) is 4.42 Å². The van der Waals surface area contributed by atoms with Gasteiger partial charge in [-0.3, -0.25) is 25.2 Å². The molecular weight excluding hydrogens is 468 g/mol. The number of hydrogen-bond donors (Lipinski definition) is 2. The molecule has 2 amide bonds. The second-order valence-corrected chi connectivity index (χ2v) is 8.91. The Morgan fingerprint density at radius 1 is 0.933 bits per heavy atom. The highest BCUT2D eigenvalue weighted by molar-refractivity contribution is 9.11. The number of nitrogens with one attached hydrogen (secondary N) is 2. The SMILES string of the molecule is Cc1c(-c2ccccc2)oc2c(C(=O)NNC(=O)c3ccc(Br)s3)cccc2c1=O. The number of rotatable bonds is 3. The Bertz CT molecular complexity index is 1330. The van der Waals surface area contributed by atoms with Gasteiger partial charge in [-0.15, -0.1) is 11.3 Å². The van der Waals surface area contributed by atoms with E-state index in [9.17, 15) is 14.4 Å². The molecule has 4 rings (SSSR count). The summed E-state index contributed by atoms with van der Waals surface area (Å²) in [6.07, 6.45) is 0. The van der Waals surface area contributed by atoms with Crippen molar-refractivity contribution in [2.75, 3.05) is 0 Å². The second-order valence-electron chi connectivity index (χ2n) is 6.45. The minimum absolute atomic E-state index is 0.148. The molecule has 0 saturated heterocycles. The van der Waals surface area contributed by atoms with E-state index in [-0.39, 0.29) is 16.6 Å². The van der Waals surface area contributed by atoms with E-state index in [0.717, 1.165) is 9.35 Å². The largest absolute Gasteiger partial charge is 0.455 e. The summed E-state index contributed by atoms with van der Waals surface area (Å²) < 4.78 is 6.83. The van der Waals surface area contributed by atoms with Crippen LogP contribution < -0.4 is 16.3 Å². The van der Waals surface area contributed by atoms with Crippen molar-refractivity contribution >= 4 is 50.1 Å². The highest BCUT2D eigenvalue weighted by atomic mass is 79.9. The molecule has 4 aromatic rings. The summed E-state index contributed by atoms with van der Waals surface area (Å²) in [4.78, 5) is 38.3. The van der Waals surface area contributed by atoms with Gasteiger partial charge < -0.3 is 4.42 Å². The molecule has 0 fully saturated rings. The van der Waals surface area contributed by atoms with E-state index < -0.39 is 11.8 Å². The summed E-state index contributed by atoms with van der Waals surface area (Å²) >= 11 is 4.53. The summed E-state index contributed by atoms with van der Waals surface area (Å²) in [7, 11) is 0. The summed E-state index contributed by atoms with van der Waals surface area (Å²) in [5.41, 5.74) is 6.06. The van der Waals surface area contributed by atoms with Gasteiger partial charge in [-0.25, -0.2) is 0 Å². The van der Waals surface area contributed by atoms with Gasteiger partial charge in [0.2, 0.25) is 0 Å². The average molecular weight is 483 g/mol. The van der Waals surface area contributed by atoms with Gasteiger partial charge in [-0.2, -0.15) is 0 Å². The number of carbonyl (C=O) groups excluding carboxylic acids is 2. The molecule has 0 aliphatic carbocycles. The summed E-state index contributed by atoms with van der Waals surface area (Å²) in [6, 6.07) is 17.4. The predicted octanol–water partition coefficient (Wildman–Crippen LogP) is 4.67. The number of amides is 2. The molecule has 30 heavy (non-hydrogen) atoms. The Morgan fingerprint density at radius 2 is 1.67 bits per heavy atom. The topological polar surface area (TPSA) is 88.4 Å². The van der Waals surface area contributed by atoms with Crippen molar-refractivity contribution in [2.45, 2.75) is 6.92 Å². The third-order valence-corrected chi connectivity index (χ3v) is 6.13. The first kappa shape index (κ1) is 20.1. The molecule has 8 heteroatoms. The van der Waals surface area contributed by atoms with Crippen LogP contribution in [0.3, 0.4) is 0 Å². The van der Waals surface area contributed by atoms with E-state index in [0.29, 0.717) is 21.6 Å². The fraction of sp³-hybridized carbons (Fsp3) is 0.0455. The van der Waals surface area contributed by atoms with Crippen LogP contribution in [0.1, 0.15) is 25.6 Å². The molecule has 2 aromatic carbocycles. The standard InChI is InChI=1S/C22H15BrN2O4S/c1-12-18(26)14-8-5-9-15(20(14)29-19(12)13-6-3-2-4-7-13)21(27)24-25-22(28)16-10-11-17(23)30-16/h2-11H,1H3,(H,24,27)(H,25,28). The maximum Gasteiger partial charge on any atom is 0.279 e. The molecule has 0 atom stereocenters. The van der Waals surface area contributed by atoms with Crippen LogP contribution >= 0.6 is 27.3 Å². The Balaban J connectivity index is 1.70. The third kappa shape index (κ3) is 3.79. The Hall–Kier alpha value is -3.23. The Labute approximate surface area is 183 Å². The molecule has 0 unspecified atom stereocenters. The average Bonchev–Trinajstić information content (AvgIpc) is 3.21. The molecule has 2 heterocycles. The van der Waals surface area contributed by atoms with Gasteiger partial charge in [0.15, 0.2) is 11.0 Å². The first-order valence-corrected chi connectivity index (χ1v) is 10.5. The lowest BCUT2D eigenvalue weighted by Crippen LogP contribution is -2.41. The maximum absolute atomic E-state index is 12.9. The van der Waals surface area contributed by atoms with Crippen LogP contribution in [0.15, 0.2) is 73.7 Å². The van der Waals surface area contributed by atoms with Crippen molar-refractivity contribution in [1.29, 1.82) is 0 Å². The molecule has 0 aliphatic heterocycles. The first-order chi connectivity index (χ1) is 14.5. The smallest absolute Gasteiger partial charge is 0.279 e. The Kier molecular flexibility index (Phi) is 5.52. The molecule has 0 radical (unpaired) electrons. The van der Waals surface area contributed by atoms with Crippen LogP contribution in [0.4, 0.5) is 0 Å². The fourth-order valence-electron chi connectivity index (χ4n) is 3.03. The van der Waals surface area contributed by atoms with Gasteiger partial charge in [0.25, 0.3) is 11.8 Å². The first-order valence-electron chi connectivity index (χ1n) is 8.93. The highest BCUT2D eigenvalue weighted by Gasteiger charge is 2.19. The third-order valence-electron chi connectivity index (χ3n) is 4.51. The van der Waals surface area contributed by atoms with Crippen molar-refractivity contribution in [3.8, 4) is 11.3 Å².